The van der Waals surface area contributed by atoms with Gasteiger partial charge in [-0.2, -0.15) is 0 Å². The minimum Gasteiger partial charge on any atom is -0.323 e. The number of rotatable bonds is 4. The summed E-state index contributed by atoms with van der Waals surface area (Å²) in [5.74, 6) is -0.308. The van der Waals surface area contributed by atoms with Gasteiger partial charge in [0.1, 0.15) is 0 Å². The van der Waals surface area contributed by atoms with Crippen molar-refractivity contribution in [3.05, 3.63) is 33.3 Å². The van der Waals surface area contributed by atoms with Crippen LogP contribution in [0.1, 0.15) is 20.8 Å². The summed E-state index contributed by atoms with van der Waals surface area (Å²) in [6.07, 6.45) is 0. The Morgan fingerprint density at radius 1 is 1.42 bits per heavy atom. The normalized spacial score (nSPS) is 11.2. The Hall–Kier alpha value is -1.66. The first-order valence-corrected chi connectivity index (χ1v) is 6.05. The molecule has 1 aromatic carbocycles. The highest BCUT2D eigenvalue weighted by Gasteiger charge is 2.14. The molecule has 0 fully saturated rings. The summed E-state index contributed by atoms with van der Waals surface area (Å²) in [5.41, 5.74) is -0.0795. The number of amides is 1. The van der Waals surface area contributed by atoms with Crippen molar-refractivity contribution < 1.29 is 9.72 Å². The molecule has 0 spiro atoms. The number of halogens is 1. The average molecular weight is 286 g/mol. The molecule has 19 heavy (non-hydrogen) atoms. The van der Waals surface area contributed by atoms with Crippen LogP contribution in [0.3, 0.4) is 0 Å². The molecule has 0 bridgehead atoms. The van der Waals surface area contributed by atoms with Crippen molar-refractivity contribution in [3.63, 3.8) is 0 Å². The highest BCUT2D eigenvalue weighted by Crippen LogP contribution is 2.26. The molecule has 0 aromatic heterocycles. The smallest absolute Gasteiger partial charge is 0.271 e. The fourth-order valence-corrected chi connectivity index (χ4v) is 1.43. The summed E-state index contributed by atoms with van der Waals surface area (Å²) in [6, 6.07) is 3.90. The maximum atomic E-state index is 11.7. The number of benzene rings is 1. The van der Waals surface area contributed by atoms with Gasteiger partial charge in [0.2, 0.25) is 5.91 Å². The summed E-state index contributed by atoms with van der Waals surface area (Å²) in [6.45, 7) is 5.89. The number of hydrogen-bond donors (Lipinski definition) is 2. The van der Waals surface area contributed by atoms with Gasteiger partial charge >= 0.3 is 0 Å². The minimum atomic E-state index is -0.542. The van der Waals surface area contributed by atoms with E-state index in [0.717, 1.165) is 0 Å². The standard InChI is InChI=1S/C12H16ClN3O3/c1-12(2,3)14-7-11(17)15-10-6-8(16(18)19)4-5-9(10)13/h4-6,14H,7H2,1-3H3,(H,15,17). The van der Waals surface area contributed by atoms with Gasteiger partial charge in [-0.1, -0.05) is 11.6 Å². The maximum absolute atomic E-state index is 11.7. The highest BCUT2D eigenvalue weighted by molar-refractivity contribution is 6.33. The second kappa shape index (κ2) is 5.99. The van der Waals surface area contributed by atoms with E-state index in [1.165, 1.54) is 18.2 Å². The number of non-ortho nitro benzene ring substituents is 1. The Morgan fingerprint density at radius 3 is 2.58 bits per heavy atom. The number of nitrogens with one attached hydrogen (secondary N) is 2. The number of nitro benzene ring substituents is 1. The highest BCUT2D eigenvalue weighted by atomic mass is 35.5. The third-order valence-corrected chi connectivity index (χ3v) is 2.54. The first-order valence-electron chi connectivity index (χ1n) is 5.68. The lowest BCUT2D eigenvalue weighted by Crippen LogP contribution is -2.41. The fraction of sp³-hybridized carbons (Fsp3) is 0.417. The van der Waals surface area contributed by atoms with E-state index in [1.54, 1.807) is 0 Å². The van der Waals surface area contributed by atoms with Gasteiger partial charge in [-0.05, 0) is 26.8 Å². The largest absolute Gasteiger partial charge is 0.323 e. The zero-order valence-corrected chi connectivity index (χ0v) is 11.7. The van der Waals surface area contributed by atoms with Crippen LogP contribution in [0.2, 0.25) is 5.02 Å². The van der Waals surface area contributed by atoms with E-state index < -0.39 is 4.92 Å². The number of anilines is 1. The second-order valence-electron chi connectivity index (χ2n) is 5.07. The molecule has 0 aliphatic carbocycles. The molecule has 2 N–H and O–H groups in total. The molecule has 0 aliphatic heterocycles. The lowest BCUT2D eigenvalue weighted by atomic mass is 10.1. The zero-order valence-electron chi connectivity index (χ0n) is 11.0. The molecular weight excluding hydrogens is 270 g/mol. The number of nitro groups is 1. The third-order valence-electron chi connectivity index (χ3n) is 2.21. The van der Waals surface area contributed by atoms with E-state index in [1.807, 2.05) is 20.8 Å². The van der Waals surface area contributed by atoms with Crippen LogP contribution in [-0.4, -0.2) is 22.9 Å². The van der Waals surface area contributed by atoms with Gasteiger partial charge in [0.15, 0.2) is 0 Å². The third kappa shape index (κ3) is 5.23. The quantitative estimate of drug-likeness (QED) is 0.658. The first-order chi connectivity index (χ1) is 8.69. The predicted molar refractivity (Wildman–Crippen MR) is 74.5 cm³/mol. The SMILES string of the molecule is CC(C)(C)NCC(=O)Nc1cc([N+](=O)[O-])ccc1Cl. The summed E-state index contributed by atoms with van der Waals surface area (Å²) >= 11 is 5.88. The van der Waals surface area contributed by atoms with Crippen molar-refractivity contribution in [2.24, 2.45) is 0 Å². The first kappa shape index (κ1) is 15.4. The van der Waals surface area contributed by atoms with E-state index in [-0.39, 0.29) is 34.4 Å². The Bertz CT molecular complexity index is 497. The monoisotopic (exact) mass is 285 g/mol. The van der Waals surface area contributed by atoms with Crippen molar-refractivity contribution in [1.82, 2.24) is 5.32 Å². The summed E-state index contributed by atoms with van der Waals surface area (Å²) in [7, 11) is 0. The fourth-order valence-electron chi connectivity index (χ4n) is 1.26. The van der Waals surface area contributed by atoms with Crippen LogP contribution in [0.4, 0.5) is 11.4 Å². The van der Waals surface area contributed by atoms with E-state index in [9.17, 15) is 14.9 Å². The maximum Gasteiger partial charge on any atom is 0.271 e. The zero-order chi connectivity index (χ0) is 14.6. The Morgan fingerprint density at radius 2 is 2.05 bits per heavy atom. The van der Waals surface area contributed by atoms with Crippen LogP contribution >= 0.6 is 11.6 Å². The molecule has 0 radical (unpaired) electrons. The van der Waals surface area contributed by atoms with Crippen molar-refractivity contribution in [2.45, 2.75) is 26.3 Å². The molecule has 0 atom stereocenters. The Labute approximate surface area is 116 Å². The van der Waals surface area contributed by atoms with E-state index in [0.29, 0.717) is 0 Å². The molecule has 0 heterocycles. The molecule has 0 saturated heterocycles. The van der Waals surface area contributed by atoms with Crippen LogP contribution in [-0.2, 0) is 4.79 Å². The number of hydrogen-bond acceptors (Lipinski definition) is 4. The van der Waals surface area contributed by atoms with Gasteiger partial charge in [0, 0.05) is 17.7 Å². The van der Waals surface area contributed by atoms with E-state index in [4.69, 9.17) is 11.6 Å². The summed E-state index contributed by atoms with van der Waals surface area (Å²) in [5, 5.41) is 16.5. The molecule has 1 amide bonds. The predicted octanol–water partition coefficient (Wildman–Crippen LogP) is 2.57. The topological polar surface area (TPSA) is 84.3 Å². The minimum absolute atomic E-state index is 0.0997. The number of nitrogens with zero attached hydrogens (tertiary/aromatic N) is 1. The van der Waals surface area contributed by atoms with Crippen LogP contribution in [0.5, 0.6) is 0 Å². The molecule has 7 heteroatoms. The average Bonchev–Trinajstić information content (AvgIpc) is 2.28. The van der Waals surface area contributed by atoms with Crippen LogP contribution in [0, 0.1) is 10.1 Å². The van der Waals surface area contributed by atoms with E-state index in [2.05, 4.69) is 10.6 Å². The lowest BCUT2D eigenvalue weighted by Gasteiger charge is -2.20. The number of carbonyl (C=O) groups is 1. The summed E-state index contributed by atoms with van der Waals surface area (Å²) < 4.78 is 0. The van der Waals surface area contributed by atoms with Gasteiger partial charge in [-0.3, -0.25) is 14.9 Å². The van der Waals surface area contributed by atoms with Gasteiger partial charge in [0.25, 0.3) is 5.69 Å². The van der Waals surface area contributed by atoms with Crippen LogP contribution < -0.4 is 10.6 Å². The van der Waals surface area contributed by atoms with Gasteiger partial charge in [-0.15, -0.1) is 0 Å². The lowest BCUT2D eigenvalue weighted by molar-refractivity contribution is -0.384. The molecule has 0 aliphatic rings. The Balaban J connectivity index is 2.73. The molecule has 104 valence electrons. The molecule has 0 saturated carbocycles. The summed E-state index contributed by atoms with van der Waals surface area (Å²) in [4.78, 5) is 21.8. The second-order valence-corrected chi connectivity index (χ2v) is 5.48. The van der Waals surface area contributed by atoms with Gasteiger partial charge in [-0.25, -0.2) is 0 Å². The molecular formula is C12H16ClN3O3. The van der Waals surface area contributed by atoms with Gasteiger partial charge < -0.3 is 10.6 Å². The molecule has 6 nitrogen and oxygen atoms in total. The molecule has 1 rings (SSSR count). The van der Waals surface area contributed by atoms with Crippen LogP contribution in [0.25, 0.3) is 0 Å². The number of carbonyl (C=O) groups excluding carboxylic acids is 1. The molecule has 0 unspecified atom stereocenters. The molecule has 1 aromatic rings. The van der Waals surface area contributed by atoms with E-state index >= 15 is 0 Å². The van der Waals surface area contributed by atoms with Gasteiger partial charge in [0.05, 0.1) is 22.2 Å². The van der Waals surface area contributed by atoms with Crippen LogP contribution in [0.15, 0.2) is 18.2 Å². The van der Waals surface area contributed by atoms with Crippen molar-refractivity contribution in [1.29, 1.82) is 0 Å². The Kier molecular flexibility index (Phi) is 4.85. The van der Waals surface area contributed by atoms with Crippen molar-refractivity contribution in [3.8, 4) is 0 Å². The van der Waals surface area contributed by atoms with Crippen molar-refractivity contribution >= 4 is 28.9 Å². The van der Waals surface area contributed by atoms with Crippen molar-refractivity contribution in [2.75, 3.05) is 11.9 Å².